The van der Waals surface area contributed by atoms with Crippen LogP contribution in [0.4, 0.5) is 0 Å². The van der Waals surface area contributed by atoms with E-state index in [9.17, 15) is 0 Å². The van der Waals surface area contributed by atoms with E-state index in [1.165, 1.54) is 38.0 Å². The summed E-state index contributed by atoms with van der Waals surface area (Å²) in [5, 5.41) is 8.00. The first-order valence-corrected chi connectivity index (χ1v) is 7.16. The fourth-order valence-electron chi connectivity index (χ4n) is 3.05. The number of aryl methyl sites for hydroxylation is 1. The van der Waals surface area contributed by atoms with Gasteiger partial charge in [-0.05, 0) is 28.8 Å². The molecule has 0 spiro atoms. The van der Waals surface area contributed by atoms with Crippen molar-refractivity contribution in [1.29, 1.82) is 0 Å². The van der Waals surface area contributed by atoms with Crippen LogP contribution < -0.4 is 5.32 Å². The fraction of sp³-hybridized carbons (Fsp3) is 0.750. The third-order valence-corrected chi connectivity index (χ3v) is 4.58. The second kappa shape index (κ2) is 5.90. The number of likely N-dealkylation sites (tertiary alicyclic amines) is 1. The van der Waals surface area contributed by atoms with Crippen molar-refractivity contribution in [2.75, 3.05) is 13.1 Å². The van der Waals surface area contributed by atoms with Crippen LogP contribution in [0.25, 0.3) is 0 Å². The minimum absolute atomic E-state index is 0. The Hall–Kier alpha value is -0.100. The molecule has 2 fully saturated rings. The van der Waals surface area contributed by atoms with Crippen molar-refractivity contribution in [3.63, 3.8) is 0 Å². The van der Waals surface area contributed by atoms with E-state index in [4.69, 9.17) is 0 Å². The Morgan fingerprint density at radius 1 is 1.39 bits per heavy atom. The van der Waals surface area contributed by atoms with Gasteiger partial charge in [-0.15, -0.1) is 12.4 Å². The molecule has 1 aromatic heterocycles. The molecule has 0 saturated carbocycles. The van der Waals surface area contributed by atoms with Crippen molar-refractivity contribution in [3.05, 3.63) is 16.4 Å². The molecule has 2 atom stereocenters. The molecule has 102 valence electrons. The summed E-state index contributed by atoms with van der Waals surface area (Å²) < 4.78 is 3.10. The Labute approximate surface area is 123 Å². The number of rotatable bonds is 2. The Bertz CT molecular complexity index is 377. The van der Waals surface area contributed by atoms with E-state index in [1.807, 2.05) is 17.9 Å². The molecule has 3 rings (SSSR count). The van der Waals surface area contributed by atoms with Crippen LogP contribution in [0.15, 0.2) is 10.7 Å². The molecule has 4 nitrogen and oxygen atoms in total. The lowest BCUT2D eigenvalue weighted by Crippen LogP contribution is -2.58. The number of hydrogen-bond donors (Lipinski definition) is 1. The Balaban J connectivity index is 0.00000120. The average molecular weight is 336 g/mol. The lowest BCUT2D eigenvalue weighted by Gasteiger charge is -2.42. The van der Waals surface area contributed by atoms with E-state index in [2.05, 4.69) is 31.2 Å². The zero-order valence-corrected chi connectivity index (χ0v) is 13.0. The molecular weight excluding hydrogens is 316 g/mol. The predicted octanol–water partition coefficient (Wildman–Crippen LogP) is 1.93. The highest BCUT2D eigenvalue weighted by atomic mass is 79.9. The summed E-state index contributed by atoms with van der Waals surface area (Å²) in [6.07, 6.45) is 5.95. The van der Waals surface area contributed by atoms with E-state index in [0.29, 0.717) is 12.1 Å². The zero-order valence-electron chi connectivity index (χ0n) is 10.6. The van der Waals surface area contributed by atoms with Gasteiger partial charge in [-0.3, -0.25) is 9.58 Å². The van der Waals surface area contributed by atoms with Crippen LogP contribution in [0.1, 0.15) is 25.0 Å². The van der Waals surface area contributed by atoms with Gasteiger partial charge in [0.1, 0.15) is 0 Å². The first-order valence-electron chi connectivity index (χ1n) is 6.37. The first-order chi connectivity index (χ1) is 8.22. The number of halogens is 2. The molecule has 2 aliphatic rings. The molecule has 0 radical (unpaired) electrons. The standard InChI is InChI=1S/C12H19BrN4.ClH/c1-16-12(11(13)5-14-16)8-17-6-9-3-2-4-10(7-17)15-9;/h5,9-10,15H,2-4,6-8H2,1H3;1H. The smallest absolute Gasteiger partial charge is 0.0663 e. The molecule has 1 aromatic rings. The Morgan fingerprint density at radius 3 is 2.61 bits per heavy atom. The number of nitrogens with zero attached hydrogens (tertiary/aromatic N) is 3. The Kier molecular flexibility index (Phi) is 4.69. The van der Waals surface area contributed by atoms with Crippen molar-refractivity contribution >= 4 is 28.3 Å². The van der Waals surface area contributed by atoms with Crippen molar-refractivity contribution < 1.29 is 0 Å². The van der Waals surface area contributed by atoms with Crippen molar-refractivity contribution in [3.8, 4) is 0 Å². The maximum atomic E-state index is 4.28. The van der Waals surface area contributed by atoms with E-state index in [-0.39, 0.29) is 12.4 Å². The number of piperazine rings is 1. The highest BCUT2D eigenvalue weighted by Gasteiger charge is 2.30. The van der Waals surface area contributed by atoms with Crippen LogP contribution in [-0.4, -0.2) is 39.9 Å². The molecule has 1 N–H and O–H groups in total. The highest BCUT2D eigenvalue weighted by Crippen LogP contribution is 2.23. The monoisotopic (exact) mass is 334 g/mol. The van der Waals surface area contributed by atoms with E-state index < -0.39 is 0 Å². The van der Waals surface area contributed by atoms with Gasteiger partial charge in [0.25, 0.3) is 0 Å². The van der Waals surface area contributed by atoms with E-state index in [1.54, 1.807) is 0 Å². The van der Waals surface area contributed by atoms with Crippen LogP contribution in [0.2, 0.25) is 0 Å². The molecule has 6 heteroatoms. The van der Waals surface area contributed by atoms with Gasteiger partial charge < -0.3 is 5.32 Å². The average Bonchev–Trinajstić information content (AvgIpc) is 2.60. The first kappa shape index (κ1) is 14.3. The van der Waals surface area contributed by atoms with Gasteiger partial charge >= 0.3 is 0 Å². The van der Waals surface area contributed by atoms with Crippen molar-refractivity contribution in [2.24, 2.45) is 7.05 Å². The number of fused-ring (bicyclic) bond motifs is 2. The minimum atomic E-state index is 0. The van der Waals surface area contributed by atoms with Gasteiger partial charge in [0.05, 0.1) is 16.4 Å². The summed E-state index contributed by atoms with van der Waals surface area (Å²) in [6, 6.07) is 1.41. The van der Waals surface area contributed by atoms with Gasteiger partial charge in [-0.1, -0.05) is 6.42 Å². The molecule has 0 aromatic carbocycles. The third-order valence-electron chi connectivity index (χ3n) is 3.92. The molecule has 2 saturated heterocycles. The van der Waals surface area contributed by atoms with Gasteiger partial charge in [0.15, 0.2) is 0 Å². The number of hydrogen-bond acceptors (Lipinski definition) is 3. The molecule has 18 heavy (non-hydrogen) atoms. The molecule has 2 aliphatic heterocycles. The SMILES string of the molecule is Cl.Cn1ncc(Br)c1CN1CC2CCCC(C1)N2. The van der Waals surface area contributed by atoms with E-state index >= 15 is 0 Å². The molecule has 2 bridgehead atoms. The minimum Gasteiger partial charge on any atom is -0.309 e. The van der Waals surface area contributed by atoms with Crippen molar-refractivity contribution in [1.82, 2.24) is 20.0 Å². The van der Waals surface area contributed by atoms with Gasteiger partial charge in [0, 0.05) is 38.8 Å². The lowest BCUT2D eigenvalue weighted by molar-refractivity contribution is 0.117. The maximum absolute atomic E-state index is 4.28. The summed E-state index contributed by atoms with van der Waals surface area (Å²) >= 11 is 3.58. The summed E-state index contributed by atoms with van der Waals surface area (Å²) in [4.78, 5) is 2.56. The van der Waals surface area contributed by atoms with Crippen LogP contribution in [-0.2, 0) is 13.6 Å². The molecule has 2 unspecified atom stereocenters. The highest BCUT2D eigenvalue weighted by molar-refractivity contribution is 9.10. The van der Waals surface area contributed by atoms with Crippen LogP contribution in [0, 0.1) is 0 Å². The van der Waals surface area contributed by atoms with Gasteiger partial charge in [0.2, 0.25) is 0 Å². The quantitative estimate of drug-likeness (QED) is 0.896. The molecular formula is C12H20BrClN4. The lowest BCUT2D eigenvalue weighted by atomic mass is 9.94. The largest absolute Gasteiger partial charge is 0.309 e. The summed E-state index contributed by atoms with van der Waals surface area (Å²) in [7, 11) is 2.02. The topological polar surface area (TPSA) is 33.1 Å². The summed E-state index contributed by atoms with van der Waals surface area (Å²) in [5.74, 6) is 0. The number of aromatic nitrogens is 2. The predicted molar refractivity (Wildman–Crippen MR) is 78.0 cm³/mol. The van der Waals surface area contributed by atoms with Gasteiger partial charge in [-0.25, -0.2) is 0 Å². The maximum Gasteiger partial charge on any atom is 0.0663 e. The normalized spacial score (nSPS) is 27.9. The van der Waals surface area contributed by atoms with Crippen LogP contribution in [0.3, 0.4) is 0 Å². The number of nitrogens with one attached hydrogen (secondary N) is 1. The van der Waals surface area contributed by atoms with Crippen LogP contribution in [0.5, 0.6) is 0 Å². The summed E-state index contributed by atoms with van der Waals surface area (Å²) in [5.41, 5.74) is 1.28. The molecule has 0 aliphatic carbocycles. The fourth-order valence-corrected chi connectivity index (χ4v) is 3.52. The number of piperidine rings is 1. The second-order valence-corrected chi connectivity index (χ2v) is 6.10. The third kappa shape index (κ3) is 2.90. The van der Waals surface area contributed by atoms with Crippen LogP contribution >= 0.6 is 28.3 Å². The van der Waals surface area contributed by atoms with Crippen molar-refractivity contribution in [2.45, 2.75) is 37.9 Å². The molecule has 3 heterocycles. The van der Waals surface area contributed by atoms with E-state index in [0.717, 1.165) is 11.0 Å². The summed E-state index contributed by atoms with van der Waals surface area (Å²) in [6.45, 7) is 3.36. The van der Waals surface area contributed by atoms with Gasteiger partial charge in [-0.2, -0.15) is 5.10 Å². The zero-order chi connectivity index (χ0) is 11.8. The molecule has 0 amide bonds. The second-order valence-electron chi connectivity index (χ2n) is 5.25. The Morgan fingerprint density at radius 2 is 2.06 bits per heavy atom.